The van der Waals surface area contributed by atoms with Gasteiger partial charge < -0.3 is 29.7 Å². The summed E-state index contributed by atoms with van der Waals surface area (Å²) < 4.78 is 0. The van der Waals surface area contributed by atoms with E-state index in [1.807, 2.05) is 0 Å². The minimum atomic E-state index is -1.72. The van der Waals surface area contributed by atoms with E-state index in [-0.39, 0.29) is 33.9 Å². The van der Waals surface area contributed by atoms with Crippen molar-refractivity contribution < 1.29 is 24.0 Å². The molecule has 0 spiro atoms. The minimum absolute atomic E-state index is 0. The van der Waals surface area contributed by atoms with Gasteiger partial charge in [-0.2, -0.15) is 9.90 Å². The van der Waals surface area contributed by atoms with Crippen molar-refractivity contribution >= 4 is 33.1 Å². The van der Waals surface area contributed by atoms with Crippen LogP contribution in [0.25, 0.3) is 0 Å². The lowest BCUT2D eigenvalue weighted by molar-refractivity contribution is -0.00000818. The Bertz CT molecular complexity index is 1320. The largest absolute Gasteiger partial charge is 1.00 e. The molecular weight excluding hydrogens is 659 g/mol. The molecule has 2 saturated carbocycles. The Labute approximate surface area is 275 Å². The number of benzene rings is 4. The molecule has 4 heteroatoms. The Morgan fingerprint density at radius 2 is 1.02 bits per heavy atom. The summed E-state index contributed by atoms with van der Waals surface area (Å²) in [6, 6.07) is 41.2. The van der Waals surface area contributed by atoms with Crippen LogP contribution in [-0.4, -0.2) is 6.66 Å². The van der Waals surface area contributed by atoms with Crippen LogP contribution in [0, 0.1) is 11.8 Å². The maximum atomic E-state index is 5.81. The first-order valence-electron chi connectivity index (χ1n) is 15.5. The molecule has 2 fully saturated rings. The van der Waals surface area contributed by atoms with E-state index < -0.39 is 7.26 Å². The van der Waals surface area contributed by atoms with Gasteiger partial charge in [0.1, 0.15) is 23.2 Å². The molecule has 0 aliphatic heterocycles. The van der Waals surface area contributed by atoms with E-state index >= 15 is 0 Å². The highest BCUT2D eigenvalue weighted by atomic mass is 127. The predicted octanol–water partition coefficient (Wildman–Crippen LogP) is 5.38. The van der Waals surface area contributed by atoms with Gasteiger partial charge in [-0.1, -0.05) is 78.9 Å². The van der Waals surface area contributed by atoms with Crippen LogP contribution in [0.4, 0.5) is 0 Å². The second kappa shape index (κ2) is 15.4. The quantitative estimate of drug-likeness (QED) is 0.203. The van der Waals surface area contributed by atoms with Gasteiger partial charge >= 0.3 is 0 Å². The standard InChI is InChI=1S/C38H45NP.HI.H3P/c1-40(35-10-4-2-5-11-35,36-12-6-3-7-13-36)38-15-9-8-14-37(38)34-26-24-33(25-27-34)32-22-20-31(21-23-32)30-18-16-29(28-39)17-19-30;;/h2-19,31-34H,20-28,39H2,1H3;1H;1H3/q+1;;/p-1. The van der Waals surface area contributed by atoms with Gasteiger partial charge in [-0.15, -0.1) is 0 Å². The molecule has 4 aromatic carbocycles. The summed E-state index contributed by atoms with van der Waals surface area (Å²) in [6.45, 7) is 3.18. The number of hydrogen-bond acceptors (Lipinski definition) is 1. The highest BCUT2D eigenvalue weighted by Gasteiger charge is 2.43. The minimum Gasteiger partial charge on any atom is -1.00 e. The van der Waals surface area contributed by atoms with Gasteiger partial charge in [-0.05, 0) is 122 Å². The lowest BCUT2D eigenvalue weighted by Gasteiger charge is -2.38. The summed E-state index contributed by atoms with van der Waals surface area (Å²) in [7, 11) is -1.72. The van der Waals surface area contributed by atoms with Gasteiger partial charge in [0.25, 0.3) is 0 Å². The van der Waals surface area contributed by atoms with Gasteiger partial charge in [0.15, 0.2) is 0 Å². The van der Waals surface area contributed by atoms with Crippen molar-refractivity contribution in [3.05, 3.63) is 126 Å². The maximum absolute atomic E-state index is 5.81. The van der Waals surface area contributed by atoms with Gasteiger partial charge in [0.2, 0.25) is 0 Å². The number of rotatable bonds is 7. The lowest BCUT2D eigenvalue weighted by atomic mass is 9.67. The summed E-state index contributed by atoms with van der Waals surface area (Å²) in [5, 5.41) is 4.56. The Hall–Kier alpha value is -1.57. The number of hydrogen-bond donors (Lipinski definition) is 1. The molecule has 2 N–H and O–H groups in total. The lowest BCUT2D eigenvalue weighted by Crippen LogP contribution is -3.00. The fourth-order valence-electron chi connectivity index (χ4n) is 7.87. The van der Waals surface area contributed by atoms with Crippen LogP contribution in [0.1, 0.15) is 79.9 Å². The van der Waals surface area contributed by atoms with Gasteiger partial charge in [-0.3, -0.25) is 0 Å². The third kappa shape index (κ3) is 7.04. The van der Waals surface area contributed by atoms with E-state index in [4.69, 9.17) is 5.73 Å². The first kappa shape index (κ1) is 33.3. The van der Waals surface area contributed by atoms with Crippen LogP contribution in [0.3, 0.4) is 0 Å². The predicted molar refractivity (Wildman–Crippen MR) is 186 cm³/mol. The summed E-state index contributed by atoms with van der Waals surface area (Å²) >= 11 is 0. The molecule has 1 nitrogen and oxygen atoms in total. The van der Waals surface area contributed by atoms with Crippen LogP contribution < -0.4 is 45.6 Å². The normalized spacial score (nSPS) is 22.4. The van der Waals surface area contributed by atoms with Crippen LogP contribution in [0.2, 0.25) is 0 Å². The highest BCUT2D eigenvalue weighted by molar-refractivity contribution is 7.95. The fourth-order valence-corrected chi connectivity index (χ4v) is 11.4. The Morgan fingerprint density at radius 3 is 1.52 bits per heavy atom. The van der Waals surface area contributed by atoms with Gasteiger partial charge in [0.05, 0.1) is 6.66 Å². The van der Waals surface area contributed by atoms with Crippen molar-refractivity contribution in [1.82, 2.24) is 0 Å². The SMILES string of the molecule is C[P+](c1ccccc1)(c1ccccc1)c1ccccc1C1CCC(C2CCC(c3ccc(CN)cc3)CC2)CC1.P.[I-]. The zero-order valence-corrected chi connectivity index (χ0v) is 29.6. The second-order valence-corrected chi connectivity index (χ2v) is 15.9. The summed E-state index contributed by atoms with van der Waals surface area (Å²) in [4.78, 5) is 0. The van der Waals surface area contributed by atoms with Crippen molar-refractivity contribution in [2.45, 2.75) is 69.7 Å². The molecule has 1 unspecified atom stereocenters. The van der Waals surface area contributed by atoms with E-state index in [9.17, 15) is 0 Å². The molecule has 0 heterocycles. The molecule has 4 aromatic rings. The Morgan fingerprint density at radius 1 is 0.571 bits per heavy atom. The van der Waals surface area contributed by atoms with E-state index in [2.05, 4.69) is 116 Å². The first-order valence-corrected chi connectivity index (χ1v) is 17.8. The molecule has 0 radical (unpaired) electrons. The zero-order chi connectivity index (χ0) is 27.4. The maximum Gasteiger partial charge on any atom is 0.109 e. The van der Waals surface area contributed by atoms with Crippen LogP contribution >= 0.6 is 17.2 Å². The smallest absolute Gasteiger partial charge is 0.109 e. The third-order valence-electron chi connectivity index (χ3n) is 10.3. The van der Waals surface area contributed by atoms with E-state index in [1.165, 1.54) is 73.1 Å². The van der Waals surface area contributed by atoms with Crippen molar-refractivity contribution in [3.63, 3.8) is 0 Å². The molecule has 0 saturated heterocycles. The summed E-state index contributed by atoms with van der Waals surface area (Å²) in [5.74, 6) is 3.25. The van der Waals surface area contributed by atoms with E-state index in [0.29, 0.717) is 12.5 Å². The molecular formula is C38H48INP2. The Balaban J connectivity index is 0.00000202. The van der Waals surface area contributed by atoms with Crippen molar-refractivity contribution in [2.75, 3.05) is 6.66 Å². The highest BCUT2D eigenvalue weighted by Crippen LogP contribution is 2.54. The molecule has 222 valence electrons. The van der Waals surface area contributed by atoms with Crippen LogP contribution in [0.15, 0.2) is 109 Å². The molecule has 1 atom stereocenters. The van der Waals surface area contributed by atoms with Gasteiger partial charge in [0, 0.05) is 6.54 Å². The average Bonchev–Trinajstić information content (AvgIpc) is 3.05. The number of halogens is 1. The second-order valence-electron chi connectivity index (χ2n) is 12.4. The zero-order valence-electron chi connectivity index (χ0n) is 25.2. The molecule has 0 amide bonds. The molecule has 0 aromatic heterocycles. The van der Waals surface area contributed by atoms with Crippen molar-refractivity contribution in [2.24, 2.45) is 17.6 Å². The molecule has 6 rings (SSSR count). The number of nitrogens with two attached hydrogens (primary N) is 1. The van der Waals surface area contributed by atoms with Crippen LogP contribution in [-0.2, 0) is 6.54 Å². The van der Waals surface area contributed by atoms with E-state index in [0.717, 1.165) is 17.8 Å². The van der Waals surface area contributed by atoms with Crippen molar-refractivity contribution in [1.29, 1.82) is 0 Å². The third-order valence-corrected chi connectivity index (χ3v) is 14.3. The summed E-state index contributed by atoms with van der Waals surface area (Å²) in [6.07, 6.45) is 11.0. The molecule has 42 heavy (non-hydrogen) atoms. The monoisotopic (exact) mass is 707 g/mol. The van der Waals surface area contributed by atoms with E-state index in [1.54, 1.807) is 10.9 Å². The fraction of sp³-hybridized carbons (Fsp3) is 0.368. The molecule has 0 bridgehead atoms. The summed E-state index contributed by atoms with van der Waals surface area (Å²) in [5.41, 5.74) is 10.2. The Kier molecular flexibility index (Phi) is 12.2. The van der Waals surface area contributed by atoms with Gasteiger partial charge in [-0.25, -0.2) is 0 Å². The average molecular weight is 708 g/mol. The van der Waals surface area contributed by atoms with Crippen molar-refractivity contribution in [3.8, 4) is 0 Å². The van der Waals surface area contributed by atoms with Crippen LogP contribution in [0.5, 0.6) is 0 Å². The molecule has 2 aliphatic carbocycles. The topological polar surface area (TPSA) is 26.0 Å². The molecule has 2 aliphatic rings. The first-order chi connectivity index (χ1) is 19.7.